The molecule has 38 heavy (non-hydrogen) atoms. The molecule has 1 amide bonds. The lowest BCUT2D eigenvalue weighted by atomic mass is 9.91. The van der Waals surface area contributed by atoms with Gasteiger partial charge in [-0.25, -0.2) is 9.78 Å². The fraction of sp³-hybridized carbons (Fsp3) is 0.281. The molecule has 1 aromatic heterocycles. The van der Waals surface area contributed by atoms with E-state index in [-0.39, 0.29) is 11.3 Å². The Labute approximate surface area is 224 Å². The Bertz CT molecular complexity index is 1470. The number of ether oxygens (including phenoxy) is 2. The van der Waals surface area contributed by atoms with Crippen LogP contribution in [-0.4, -0.2) is 31.1 Å². The molecule has 0 N–H and O–H groups in total. The number of carbonyl (C=O) groups excluding carboxylic acids is 2. The van der Waals surface area contributed by atoms with Gasteiger partial charge < -0.3 is 9.47 Å². The van der Waals surface area contributed by atoms with Gasteiger partial charge in [-0.05, 0) is 76.4 Å². The van der Waals surface area contributed by atoms with Gasteiger partial charge in [0.1, 0.15) is 11.6 Å². The van der Waals surface area contributed by atoms with Gasteiger partial charge in [0.05, 0.1) is 26.3 Å². The Kier molecular flexibility index (Phi) is 7.81. The van der Waals surface area contributed by atoms with Crippen molar-refractivity contribution in [2.75, 3.05) is 19.1 Å². The van der Waals surface area contributed by atoms with Gasteiger partial charge in [-0.2, -0.15) is 0 Å². The van der Waals surface area contributed by atoms with Crippen molar-refractivity contribution in [2.24, 2.45) is 5.41 Å². The number of benzene rings is 3. The minimum Gasteiger partial charge on any atom is -0.496 e. The van der Waals surface area contributed by atoms with Crippen LogP contribution in [0.5, 0.6) is 5.75 Å². The topological polar surface area (TPSA) is 68.7 Å². The first-order valence-corrected chi connectivity index (χ1v) is 12.6. The van der Waals surface area contributed by atoms with E-state index in [0.29, 0.717) is 24.3 Å². The van der Waals surface area contributed by atoms with E-state index >= 15 is 0 Å². The number of aryl methyl sites for hydroxylation is 1. The molecule has 6 heteroatoms. The van der Waals surface area contributed by atoms with Crippen LogP contribution in [0.25, 0.3) is 21.9 Å². The van der Waals surface area contributed by atoms with E-state index in [1.54, 1.807) is 30.3 Å². The molecule has 6 nitrogen and oxygen atoms in total. The number of rotatable bonds is 7. The summed E-state index contributed by atoms with van der Waals surface area (Å²) < 4.78 is 10.3. The predicted octanol–water partition coefficient (Wildman–Crippen LogP) is 6.97. The Morgan fingerprint density at radius 1 is 0.895 bits per heavy atom. The number of anilines is 1. The number of esters is 1. The van der Waals surface area contributed by atoms with Crippen molar-refractivity contribution in [1.29, 1.82) is 0 Å². The number of amides is 1. The zero-order valence-corrected chi connectivity index (χ0v) is 22.9. The molecule has 0 radical (unpaired) electrons. The Morgan fingerprint density at radius 3 is 2.24 bits per heavy atom. The van der Waals surface area contributed by atoms with Gasteiger partial charge in [0, 0.05) is 18.0 Å². The molecule has 0 bridgehead atoms. The lowest BCUT2D eigenvalue weighted by molar-refractivity contribution is -0.120. The van der Waals surface area contributed by atoms with Gasteiger partial charge in [-0.3, -0.25) is 9.69 Å². The highest BCUT2D eigenvalue weighted by molar-refractivity contribution is 6.04. The third-order valence-electron chi connectivity index (χ3n) is 6.43. The van der Waals surface area contributed by atoms with Gasteiger partial charge in [0.25, 0.3) is 0 Å². The number of carbonyl (C=O) groups is 2. The summed E-state index contributed by atoms with van der Waals surface area (Å²) in [6.45, 7) is 8.55. The predicted molar refractivity (Wildman–Crippen MR) is 152 cm³/mol. The minimum absolute atomic E-state index is 0.00981. The van der Waals surface area contributed by atoms with E-state index in [9.17, 15) is 9.59 Å². The molecule has 0 aliphatic heterocycles. The maximum absolute atomic E-state index is 13.6. The number of nitrogens with zero attached hydrogens (tertiary/aromatic N) is 2. The molecule has 0 saturated carbocycles. The van der Waals surface area contributed by atoms with Crippen LogP contribution in [-0.2, 0) is 16.1 Å². The maximum atomic E-state index is 13.6. The average Bonchev–Trinajstić information content (AvgIpc) is 2.90. The van der Waals surface area contributed by atoms with Crippen molar-refractivity contribution >= 4 is 28.5 Å². The normalized spacial score (nSPS) is 11.3. The number of aromatic nitrogens is 1. The van der Waals surface area contributed by atoms with E-state index < -0.39 is 5.97 Å². The molecule has 196 valence electrons. The number of hydrogen-bond donors (Lipinski definition) is 0. The molecule has 0 spiro atoms. The summed E-state index contributed by atoms with van der Waals surface area (Å²) in [5, 5.41) is 1.62. The molecular formula is C32H34N2O4. The number of fused-ring (bicyclic) bond motifs is 1. The zero-order valence-electron chi connectivity index (χ0n) is 22.9. The summed E-state index contributed by atoms with van der Waals surface area (Å²) in [5.74, 6) is 1.02. The number of pyridine rings is 1. The molecule has 0 fully saturated rings. The summed E-state index contributed by atoms with van der Waals surface area (Å²) >= 11 is 0. The lowest BCUT2D eigenvalue weighted by Crippen LogP contribution is -2.34. The fourth-order valence-electron chi connectivity index (χ4n) is 4.50. The van der Waals surface area contributed by atoms with E-state index in [2.05, 4.69) is 23.2 Å². The highest BCUT2D eigenvalue weighted by Gasteiger charge is 2.25. The Balaban J connectivity index is 1.69. The standard InChI is InChI=1S/C32H34N2O4/c1-21-17-24(12-14-28(21)37-5)23-9-7-22(8-10-23)20-34(29(35)19-32(2,3)4)30-27-13-11-26(31(36)38-6)18-25(27)15-16-33-30/h7-18H,19-20H2,1-6H3. The van der Waals surface area contributed by atoms with Crippen LogP contribution in [0.15, 0.2) is 72.9 Å². The van der Waals surface area contributed by atoms with E-state index in [1.807, 2.05) is 64.1 Å². The van der Waals surface area contributed by atoms with Crippen LogP contribution in [0.4, 0.5) is 5.82 Å². The van der Waals surface area contributed by atoms with Crippen LogP contribution in [0.1, 0.15) is 48.7 Å². The van der Waals surface area contributed by atoms with Gasteiger partial charge in [-0.1, -0.05) is 51.1 Å². The summed E-state index contributed by atoms with van der Waals surface area (Å²) in [6, 6.07) is 21.5. The molecule has 3 aromatic carbocycles. The van der Waals surface area contributed by atoms with Gasteiger partial charge in [0.2, 0.25) is 5.91 Å². The van der Waals surface area contributed by atoms with Crippen molar-refractivity contribution in [3.05, 3.63) is 89.6 Å². The summed E-state index contributed by atoms with van der Waals surface area (Å²) in [5.41, 5.74) is 4.53. The third kappa shape index (κ3) is 6.02. The van der Waals surface area contributed by atoms with Gasteiger partial charge >= 0.3 is 5.97 Å². The van der Waals surface area contributed by atoms with Crippen LogP contribution in [0.3, 0.4) is 0 Å². The molecule has 0 aliphatic carbocycles. The fourth-order valence-corrected chi connectivity index (χ4v) is 4.50. The first-order valence-electron chi connectivity index (χ1n) is 12.6. The monoisotopic (exact) mass is 510 g/mol. The first-order chi connectivity index (χ1) is 18.1. The second-order valence-corrected chi connectivity index (χ2v) is 10.7. The molecule has 0 atom stereocenters. The molecule has 0 unspecified atom stereocenters. The van der Waals surface area contributed by atoms with Crippen molar-refractivity contribution in [2.45, 2.75) is 40.7 Å². The second-order valence-electron chi connectivity index (χ2n) is 10.7. The van der Waals surface area contributed by atoms with Gasteiger partial charge in [0.15, 0.2) is 0 Å². The first kappa shape index (κ1) is 26.9. The van der Waals surface area contributed by atoms with Crippen molar-refractivity contribution in [3.63, 3.8) is 0 Å². The van der Waals surface area contributed by atoms with Crippen molar-refractivity contribution in [1.82, 2.24) is 4.98 Å². The third-order valence-corrected chi connectivity index (χ3v) is 6.43. The summed E-state index contributed by atoms with van der Waals surface area (Å²) in [4.78, 5) is 32.0. The molecule has 1 heterocycles. The van der Waals surface area contributed by atoms with E-state index in [1.165, 1.54) is 7.11 Å². The quantitative estimate of drug-likeness (QED) is 0.251. The lowest BCUT2D eigenvalue weighted by Gasteiger charge is -2.27. The van der Waals surface area contributed by atoms with Crippen molar-refractivity contribution < 1.29 is 19.1 Å². The highest BCUT2D eigenvalue weighted by atomic mass is 16.5. The Hall–Kier alpha value is -4.19. The van der Waals surface area contributed by atoms with E-state index in [0.717, 1.165) is 38.8 Å². The van der Waals surface area contributed by atoms with Crippen LogP contribution in [0.2, 0.25) is 0 Å². The average molecular weight is 511 g/mol. The SMILES string of the molecule is COC(=O)c1ccc2c(N(Cc3ccc(-c4ccc(OC)c(C)c4)cc3)C(=O)CC(C)(C)C)nccc2c1. The second kappa shape index (κ2) is 11.1. The molecule has 0 aliphatic rings. The number of hydrogen-bond acceptors (Lipinski definition) is 5. The minimum atomic E-state index is -0.405. The Morgan fingerprint density at radius 2 is 1.61 bits per heavy atom. The van der Waals surface area contributed by atoms with Crippen LogP contribution >= 0.6 is 0 Å². The summed E-state index contributed by atoms with van der Waals surface area (Å²) in [6.07, 6.45) is 2.04. The molecule has 4 aromatic rings. The van der Waals surface area contributed by atoms with Gasteiger partial charge in [-0.15, -0.1) is 0 Å². The zero-order chi connectivity index (χ0) is 27.4. The number of methoxy groups -OCH3 is 2. The smallest absolute Gasteiger partial charge is 0.337 e. The largest absolute Gasteiger partial charge is 0.496 e. The van der Waals surface area contributed by atoms with E-state index in [4.69, 9.17) is 9.47 Å². The molecule has 4 rings (SSSR count). The summed E-state index contributed by atoms with van der Waals surface area (Å²) in [7, 11) is 3.03. The maximum Gasteiger partial charge on any atom is 0.337 e. The molecule has 0 saturated heterocycles. The van der Waals surface area contributed by atoms with Crippen LogP contribution in [0, 0.1) is 12.3 Å². The van der Waals surface area contributed by atoms with Crippen molar-refractivity contribution in [3.8, 4) is 16.9 Å². The highest BCUT2D eigenvalue weighted by Crippen LogP contribution is 2.31. The van der Waals surface area contributed by atoms with Crippen LogP contribution < -0.4 is 9.64 Å². The molecular weight excluding hydrogens is 476 g/mol.